The molecule has 2 aromatic rings. The maximum Gasteiger partial charge on any atom is 0.306 e. The lowest BCUT2D eigenvalue weighted by Gasteiger charge is -2.28. The molecule has 1 amide bonds. The van der Waals surface area contributed by atoms with Crippen molar-refractivity contribution in [3.63, 3.8) is 0 Å². The van der Waals surface area contributed by atoms with Crippen LogP contribution in [-0.4, -0.2) is 60.9 Å². The molecule has 1 aromatic heterocycles. The number of nitrogens with zero attached hydrogens (tertiary/aromatic N) is 1. The molecule has 0 radical (unpaired) electrons. The van der Waals surface area contributed by atoms with Crippen LogP contribution in [0.5, 0.6) is 0 Å². The van der Waals surface area contributed by atoms with Crippen LogP contribution in [0.3, 0.4) is 0 Å². The van der Waals surface area contributed by atoms with Gasteiger partial charge in [-0.2, -0.15) is 0 Å². The molecule has 0 spiro atoms. The topological polar surface area (TPSA) is 96.5 Å². The lowest BCUT2D eigenvalue weighted by molar-refractivity contribution is -0.152. The Labute approximate surface area is 171 Å². The number of aromatic nitrogens is 1. The molecule has 158 valence electrons. The summed E-state index contributed by atoms with van der Waals surface area (Å²) in [6, 6.07) is 7.55. The Balaban J connectivity index is 1.51. The van der Waals surface area contributed by atoms with Crippen molar-refractivity contribution < 1.29 is 22.7 Å². The van der Waals surface area contributed by atoms with E-state index in [0.717, 1.165) is 29.3 Å². The molecule has 1 aliphatic heterocycles. The number of unbranched alkanes of at least 4 members (excludes halogenated alkanes) is 1. The van der Waals surface area contributed by atoms with Gasteiger partial charge in [-0.3, -0.25) is 9.59 Å². The quantitative estimate of drug-likeness (QED) is 0.629. The lowest BCUT2D eigenvalue weighted by Crippen LogP contribution is -2.43. The second-order valence-corrected chi connectivity index (χ2v) is 9.75. The molecule has 1 aliphatic rings. The summed E-state index contributed by atoms with van der Waals surface area (Å²) < 4.78 is 28.7. The third-order valence-electron chi connectivity index (χ3n) is 5.35. The minimum atomic E-state index is -3.09. The van der Waals surface area contributed by atoms with Gasteiger partial charge in [-0.1, -0.05) is 31.5 Å². The van der Waals surface area contributed by atoms with Crippen LogP contribution in [0.15, 0.2) is 30.5 Å². The molecule has 2 heterocycles. The summed E-state index contributed by atoms with van der Waals surface area (Å²) in [4.78, 5) is 29.5. The zero-order valence-electron chi connectivity index (χ0n) is 16.7. The van der Waals surface area contributed by atoms with Crippen molar-refractivity contribution >= 4 is 32.6 Å². The van der Waals surface area contributed by atoms with Crippen LogP contribution in [0.2, 0.25) is 0 Å². The number of nitrogens with one attached hydrogen (secondary N) is 1. The van der Waals surface area contributed by atoms with E-state index in [9.17, 15) is 18.0 Å². The van der Waals surface area contributed by atoms with Gasteiger partial charge in [-0.05, 0) is 30.9 Å². The maximum absolute atomic E-state index is 12.6. The summed E-state index contributed by atoms with van der Waals surface area (Å²) in [6.45, 7) is 2.16. The van der Waals surface area contributed by atoms with Crippen LogP contribution in [0.4, 0.5) is 0 Å². The maximum atomic E-state index is 12.6. The Morgan fingerprint density at radius 2 is 2.07 bits per heavy atom. The number of H-pyrrole nitrogens is 1. The van der Waals surface area contributed by atoms with Crippen molar-refractivity contribution in [1.29, 1.82) is 0 Å². The van der Waals surface area contributed by atoms with Crippen molar-refractivity contribution in [2.75, 3.05) is 24.7 Å². The number of benzene rings is 1. The summed E-state index contributed by atoms with van der Waals surface area (Å²) in [5.41, 5.74) is 2.05. The standard InChI is InChI=1S/C21H28N2O5S/c1-2-3-11-23(17-10-12-29(26,27)15-17)20(24)14-28-21(25)9-8-16-13-22-19-7-5-4-6-18(16)19/h4-7,13,17,22H,2-3,8-12,14-15H2,1H3/t17-/m0/s1. The minimum Gasteiger partial charge on any atom is -0.456 e. The van der Waals surface area contributed by atoms with Gasteiger partial charge in [0.15, 0.2) is 16.4 Å². The molecule has 29 heavy (non-hydrogen) atoms. The average molecular weight is 421 g/mol. The van der Waals surface area contributed by atoms with E-state index in [4.69, 9.17) is 4.74 Å². The number of rotatable bonds is 9. The second kappa shape index (κ2) is 9.43. The third kappa shape index (κ3) is 5.59. The third-order valence-corrected chi connectivity index (χ3v) is 7.10. The van der Waals surface area contributed by atoms with Gasteiger partial charge >= 0.3 is 5.97 Å². The fourth-order valence-corrected chi connectivity index (χ4v) is 5.46. The van der Waals surface area contributed by atoms with Crippen molar-refractivity contribution in [3.05, 3.63) is 36.0 Å². The fraction of sp³-hybridized carbons (Fsp3) is 0.524. The number of aryl methyl sites for hydroxylation is 1. The number of aromatic amines is 1. The highest BCUT2D eigenvalue weighted by atomic mass is 32.2. The van der Waals surface area contributed by atoms with E-state index in [-0.39, 0.29) is 36.5 Å². The zero-order valence-corrected chi connectivity index (χ0v) is 17.5. The first-order valence-corrected chi connectivity index (χ1v) is 11.9. The number of fused-ring (bicyclic) bond motifs is 1. The fourth-order valence-electron chi connectivity index (χ4n) is 3.73. The first-order chi connectivity index (χ1) is 13.9. The van der Waals surface area contributed by atoms with Crippen molar-refractivity contribution in [2.45, 2.75) is 45.1 Å². The normalized spacial score (nSPS) is 18.0. The molecule has 3 rings (SSSR count). The van der Waals surface area contributed by atoms with Gasteiger partial charge < -0.3 is 14.6 Å². The Hall–Kier alpha value is -2.35. The van der Waals surface area contributed by atoms with Gasteiger partial charge in [0.2, 0.25) is 0 Å². The van der Waals surface area contributed by atoms with E-state index in [0.29, 0.717) is 19.4 Å². The van der Waals surface area contributed by atoms with E-state index in [1.807, 2.05) is 37.4 Å². The van der Waals surface area contributed by atoms with Crippen LogP contribution in [0.25, 0.3) is 10.9 Å². The van der Waals surface area contributed by atoms with E-state index in [2.05, 4.69) is 4.98 Å². The zero-order chi connectivity index (χ0) is 20.9. The molecule has 0 saturated carbocycles. The smallest absolute Gasteiger partial charge is 0.306 e. The monoisotopic (exact) mass is 420 g/mol. The Bertz CT molecular complexity index is 966. The van der Waals surface area contributed by atoms with E-state index in [1.165, 1.54) is 0 Å². The number of carbonyl (C=O) groups excluding carboxylic acids is 2. The molecule has 1 aromatic carbocycles. The molecule has 1 fully saturated rings. The number of para-hydroxylation sites is 1. The molecule has 7 nitrogen and oxygen atoms in total. The number of amides is 1. The highest BCUT2D eigenvalue weighted by Crippen LogP contribution is 2.20. The van der Waals surface area contributed by atoms with Crippen LogP contribution in [0, 0.1) is 0 Å². The average Bonchev–Trinajstić information content (AvgIpc) is 3.28. The molecule has 8 heteroatoms. The van der Waals surface area contributed by atoms with Gasteiger partial charge in [0.1, 0.15) is 0 Å². The molecule has 1 saturated heterocycles. The Morgan fingerprint density at radius 3 is 2.79 bits per heavy atom. The van der Waals surface area contributed by atoms with Crippen LogP contribution in [-0.2, 0) is 30.6 Å². The Morgan fingerprint density at radius 1 is 1.28 bits per heavy atom. The molecular formula is C21H28N2O5S. The molecule has 1 N–H and O–H groups in total. The van der Waals surface area contributed by atoms with Crippen LogP contribution in [0.1, 0.15) is 38.2 Å². The van der Waals surface area contributed by atoms with E-state index >= 15 is 0 Å². The van der Waals surface area contributed by atoms with E-state index < -0.39 is 15.8 Å². The van der Waals surface area contributed by atoms with Gasteiger partial charge in [0, 0.05) is 36.1 Å². The van der Waals surface area contributed by atoms with Gasteiger partial charge in [0.25, 0.3) is 5.91 Å². The molecule has 0 unspecified atom stereocenters. The summed E-state index contributed by atoms with van der Waals surface area (Å²) in [5, 5.41) is 1.07. The van der Waals surface area contributed by atoms with Gasteiger partial charge in [0.05, 0.1) is 11.5 Å². The highest BCUT2D eigenvalue weighted by molar-refractivity contribution is 7.91. The van der Waals surface area contributed by atoms with Crippen molar-refractivity contribution in [1.82, 2.24) is 9.88 Å². The number of ether oxygens (including phenoxy) is 1. The van der Waals surface area contributed by atoms with Crippen LogP contribution >= 0.6 is 0 Å². The predicted octanol–water partition coefficient (Wildman–Crippen LogP) is 2.46. The molecule has 0 bridgehead atoms. The summed E-state index contributed by atoms with van der Waals surface area (Å²) >= 11 is 0. The number of hydrogen-bond acceptors (Lipinski definition) is 5. The number of esters is 1. The second-order valence-electron chi connectivity index (χ2n) is 7.52. The largest absolute Gasteiger partial charge is 0.456 e. The summed E-state index contributed by atoms with van der Waals surface area (Å²) in [6.07, 6.45) is 4.73. The number of hydrogen-bond donors (Lipinski definition) is 1. The SMILES string of the molecule is CCCCN(C(=O)COC(=O)CCc1c[nH]c2ccccc12)[C@H]1CCS(=O)(=O)C1. The van der Waals surface area contributed by atoms with Crippen molar-refractivity contribution in [3.8, 4) is 0 Å². The first kappa shape index (κ1) is 21.4. The summed E-state index contributed by atoms with van der Waals surface area (Å²) in [5.74, 6) is -0.645. The van der Waals surface area contributed by atoms with Crippen LogP contribution < -0.4 is 0 Å². The summed E-state index contributed by atoms with van der Waals surface area (Å²) in [7, 11) is -3.09. The number of sulfone groups is 1. The van der Waals surface area contributed by atoms with Gasteiger partial charge in [-0.25, -0.2) is 8.42 Å². The Kier molecular flexibility index (Phi) is 6.95. The predicted molar refractivity (Wildman–Crippen MR) is 111 cm³/mol. The highest BCUT2D eigenvalue weighted by Gasteiger charge is 2.34. The molecule has 1 atom stereocenters. The minimum absolute atomic E-state index is 0.00301. The molecular weight excluding hydrogens is 392 g/mol. The first-order valence-electron chi connectivity index (χ1n) is 10.1. The van der Waals surface area contributed by atoms with E-state index in [1.54, 1.807) is 4.90 Å². The lowest BCUT2D eigenvalue weighted by atomic mass is 10.1. The number of carbonyl (C=O) groups is 2. The van der Waals surface area contributed by atoms with Gasteiger partial charge in [-0.15, -0.1) is 0 Å². The molecule has 0 aliphatic carbocycles. The van der Waals surface area contributed by atoms with Crippen molar-refractivity contribution in [2.24, 2.45) is 0 Å².